The first kappa shape index (κ1) is 10.3. The molecule has 1 aromatic carbocycles. The minimum atomic E-state index is 0.615. The van der Waals surface area contributed by atoms with Gasteiger partial charge < -0.3 is 5.73 Å². The number of benzene rings is 1. The van der Waals surface area contributed by atoms with E-state index in [-0.39, 0.29) is 0 Å². The van der Waals surface area contributed by atoms with E-state index in [1.54, 1.807) is 0 Å². The van der Waals surface area contributed by atoms with Crippen LogP contribution >= 0.6 is 0 Å². The third kappa shape index (κ3) is 1.79. The fourth-order valence-corrected chi connectivity index (χ4v) is 2.00. The lowest BCUT2D eigenvalue weighted by Gasteiger charge is -2.01. The van der Waals surface area contributed by atoms with Crippen molar-refractivity contribution in [2.45, 2.75) is 25.7 Å². The third-order valence-corrected chi connectivity index (χ3v) is 3.28. The number of hydrogen-bond acceptors (Lipinski definition) is 3. The fourth-order valence-electron chi connectivity index (χ4n) is 2.00. The van der Waals surface area contributed by atoms with Gasteiger partial charge in [-0.1, -0.05) is 12.1 Å². The molecule has 1 saturated carbocycles. The Balaban J connectivity index is 2.02. The quantitative estimate of drug-likeness (QED) is 0.802. The summed E-state index contributed by atoms with van der Waals surface area (Å²) < 4.78 is 1.89. The van der Waals surface area contributed by atoms with Crippen LogP contribution in [-0.2, 0) is 7.05 Å². The minimum Gasteiger partial charge on any atom is -0.398 e. The largest absolute Gasteiger partial charge is 0.398 e. The molecule has 1 fully saturated rings. The molecule has 1 aromatic heterocycles. The molecule has 0 bridgehead atoms. The summed E-state index contributed by atoms with van der Waals surface area (Å²) in [5.74, 6) is 2.49. The van der Waals surface area contributed by atoms with Crippen LogP contribution in [0.3, 0.4) is 0 Å². The second-order valence-electron chi connectivity index (χ2n) is 4.76. The Morgan fingerprint density at radius 1 is 1.35 bits per heavy atom. The summed E-state index contributed by atoms with van der Waals surface area (Å²) in [7, 11) is 1.96. The monoisotopic (exact) mass is 228 g/mol. The van der Waals surface area contributed by atoms with Crippen LogP contribution in [0.5, 0.6) is 0 Å². The van der Waals surface area contributed by atoms with Crippen LogP contribution in [0, 0.1) is 6.92 Å². The first-order valence-electron chi connectivity index (χ1n) is 5.92. The zero-order valence-electron chi connectivity index (χ0n) is 10.1. The van der Waals surface area contributed by atoms with Crippen molar-refractivity contribution in [3.8, 4) is 11.4 Å². The number of rotatable bonds is 2. The van der Waals surface area contributed by atoms with Crippen molar-refractivity contribution in [2.24, 2.45) is 7.05 Å². The molecule has 0 spiro atoms. The number of anilines is 1. The summed E-state index contributed by atoms with van der Waals surface area (Å²) in [5.41, 5.74) is 8.79. The summed E-state index contributed by atoms with van der Waals surface area (Å²) in [5, 5.41) is 4.46. The van der Waals surface area contributed by atoms with E-state index in [1.807, 2.05) is 36.9 Å². The average Bonchev–Trinajstić information content (AvgIpc) is 3.06. The smallest absolute Gasteiger partial charge is 0.181 e. The van der Waals surface area contributed by atoms with Crippen molar-refractivity contribution in [3.63, 3.8) is 0 Å². The molecule has 1 aliphatic rings. The molecule has 0 unspecified atom stereocenters. The van der Waals surface area contributed by atoms with Crippen molar-refractivity contribution < 1.29 is 0 Å². The van der Waals surface area contributed by atoms with E-state index in [4.69, 9.17) is 5.73 Å². The molecule has 4 nitrogen and oxygen atoms in total. The molecule has 0 radical (unpaired) electrons. The Bertz CT molecular complexity index is 567. The molecule has 88 valence electrons. The van der Waals surface area contributed by atoms with Gasteiger partial charge in [0.15, 0.2) is 5.82 Å². The standard InChI is InChI=1S/C13H16N4/c1-8-3-4-10(7-11(8)14)12-15-13(9-5-6-9)17(2)16-12/h3-4,7,9H,5-6,14H2,1-2H3. The van der Waals surface area contributed by atoms with E-state index in [2.05, 4.69) is 10.1 Å². The van der Waals surface area contributed by atoms with Crippen molar-refractivity contribution in [2.75, 3.05) is 5.73 Å². The molecule has 4 heteroatoms. The number of aromatic nitrogens is 3. The molecular weight excluding hydrogens is 212 g/mol. The molecule has 2 N–H and O–H groups in total. The molecule has 3 rings (SSSR count). The first-order chi connectivity index (χ1) is 8.15. The maximum Gasteiger partial charge on any atom is 0.181 e. The average molecular weight is 228 g/mol. The van der Waals surface area contributed by atoms with Crippen molar-refractivity contribution in [1.29, 1.82) is 0 Å². The van der Waals surface area contributed by atoms with Crippen LogP contribution in [-0.4, -0.2) is 14.8 Å². The van der Waals surface area contributed by atoms with Gasteiger partial charge in [-0.25, -0.2) is 4.98 Å². The Kier molecular flexibility index (Phi) is 2.18. The van der Waals surface area contributed by atoms with Gasteiger partial charge in [0.2, 0.25) is 0 Å². The molecule has 0 amide bonds. The van der Waals surface area contributed by atoms with Gasteiger partial charge in [-0.3, -0.25) is 4.68 Å². The number of aryl methyl sites for hydroxylation is 2. The molecule has 0 aliphatic heterocycles. The topological polar surface area (TPSA) is 56.7 Å². The zero-order valence-corrected chi connectivity index (χ0v) is 10.1. The number of hydrogen-bond donors (Lipinski definition) is 1. The summed E-state index contributed by atoms with van der Waals surface area (Å²) >= 11 is 0. The van der Waals surface area contributed by atoms with Crippen LogP contribution in [0.15, 0.2) is 18.2 Å². The van der Waals surface area contributed by atoms with E-state index >= 15 is 0 Å². The van der Waals surface area contributed by atoms with Gasteiger partial charge in [0, 0.05) is 24.2 Å². The van der Waals surface area contributed by atoms with Crippen LogP contribution < -0.4 is 5.73 Å². The zero-order chi connectivity index (χ0) is 12.0. The van der Waals surface area contributed by atoms with Gasteiger partial charge in [0.05, 0.1) is 0 Å². The summed E-state index contributed by atoms with van der Waals surface area (Å²) in [6.07, 6.45) is 2.48. The van der Waals surface area contributed by atoms with Gasteiger partial charge in [-0.05, 0) is 31.4 Å². The Morgan fingerprint density at radius 3 is 2.76 bits per heavy atom. The highest BCUT2D eigenvalue weighted by Crippen LogP contribution is 2.39. The second-order valence-corrected chi connectivity index (χ2v) is 4.76. The normalized spacial score (nSPS) is 15.2. The summed E-state index contributed by atoms with van der Waals surface area (Å²) in [6, 6.07) is 5.98. The summed E-state index contributed by atoms with van der Waals surface area (Å²) in [6.45, 7) is 2.00. The third-order valence-electron chi connectivity index (χ3n) is 3.28. The highest BCUT2D eigenvalue weighted by molar-refractivity contribution is 5.63. The number of nitrogens with zero attached hydrogens (tertiary/aromatic N) is 3. The molecule has 1 aliphatic carbocycles. The van der Waals surface area contributed by atoms with E-state index in [1.165, 1.54) is 12.8 Å². The lowest BCUT2D eigenvalue weighted by atomic mass is 10.1. The highest BCUT2D eigenvalue weighted by atomic mass is 15.3. The molecule has 17 heavy (non-hydrogen) atoms. The lowest BCUT2D eigenvalue weighted by Crippen LogP contribution is -1.96. The molecule has 2 aromatic rings. The minimum absolute atomic E-state index is 0.615. The van der Waals surface area contributed by atoms with E-state index in [0.29, 0.717) is 5.92 Å². The van der Waals surface area contributed by atoms with Gasteiger partial charge in [-0.15, -0.1) is 0 Å². The molecule has 0 saturated heterocycles. The van der Waals surface area contributed by atoms with E-state index in [9.17, 15) is 0 Å². The van der Waals surface area contributed by atoms with E-state index in [0.717, 1.165) is 28.5 Å². The lowest BCUT2D eigenvalue weighted by molar-refractivity contribution is 0.705. The van der Waals surface area contributed by atoms with Crippen LogP contribution in [0.4, 0.5) is 5.69 Å². The molecular formula is C13H16N4. The van der Waals surface area contributed by atoms with Gasteiger partial charge in [0.1, 0.15) is 5.82 Å². The predicted molar refractivity (Wildman–Crippen MR) is 67.6 cm³/mol. The molecule has 0 atom stereocenters. The maximum absolute atomic E-state index is 5.91. The van der Waals surface area contributed by atoms with E-state index < -0.39 is 0 Å². The van der Waals surface area contributed by atoms with Gasteiger partial charge in [-0.2, -0.15) is 5.10 Å². The maximum atomic E-state index is 5.91. The highest BCUT2D eigenvalue weighted by Gasteiger charge is 2.29. The van der Waals surface area contributed by atoms with Crippen molar-refractivity contribution >= 4 is 5.69 Å². The van der Waals surface area contributed by atoms with Gasteiger partial charge >= 0.3 is 0 Å². The molecule has 1 heterocycles. The van der Waals surface area contributed by atoms with Crippen molar-refractivity contribution in [3.05, 3.63) is 29.6 Å². The Hall–Kier alpha value is -1.84. The number of nitrogen functional groups attached to an aromatic ring is 1. The van der Waals surface area contributed by atoms with Crippen LogP contribution in [0.25, 0.3) is 11.4 Å². The first-order valence-corrected chi connectivity index (χ1v) is 5.92. The second kappa shape index (κ2) is 3.58. The summed E-state index contributed by atoms with van der Waals surface area (Å²) in [4.78, 5) is 4.61. The Labute approximate surface area is 100 Å². The SMILES string of the molecule is Cc1ccc(-c2nc(C3CC3)n(C)n2)cc1N. The Morgan fingerprint density at radius 2 is 2.12 bits per heavy atom. The van der Waals surface area contributed by atoms with Gasteiger partial charge in [0.25, 0.3) is 0 Å². The predicted octanol–water partition coefficient (Wildman–Crippen LogP) is 2.25. The number of nitrogens with two attached hydrogens (primary N) is 1. The van der Waals surface area contributed by atoms with Crippen LogP contribution in [0.1, 0.15) is 30.1 Å². The van der Waals surface area contributed by atoms with Crippen molar-refractivity contribution in [1.82, 2.24) is 14.8 Å². The van der Waals surface area contributed by atoms with Crippen LogP contribution in [0.2, 0.25) is 0 Å². The fraction of sp³-hybridized carbons (Fsp3) is 0.385.